The van der Waals surface area contributed by atoms with Crippen LogP contribution in [0, 0.1) is 11.3 Å². The topological polar surface area (TPSA) is 27.0 Å². The zero-order valence-electron chi connectivity index (χ0n) is 10.00. The highest BCUT2D eigenvalue weighted by Crippen LogP contribution is 2.26. The van der Waals surface area contributed by atoms with Gasteiger partial charge in [-0.15, -0.1) is 0 Å². The highest BCUT2D eigenvalue weighted by Gasteiger charge is 2.13. The molecule has 0 spiro atoms. The Balaban J connectivity index is 3.17. The average Bonchev–Trinajstić information content (AvgIpc) is 2.25. The van der Waals surface area contributed by atoms with Gasteiger partial charge in [0.1, 0.15) is 6.07 Å². The van der Waals surface area contributed by atoms with Crippen LogP contribution in [0.5, 0.6) is 0 Å². The van der Waals surface area contributed by atoms with Crippen LogP contribution >= 0.6 is 15.9 Å². The normalized spacial score (nSPS) is 10.2. The highest BCUT2D eigenvalue weighted by atomic mass is 79.9. The summed E-state index contributed by atoms with van der Waals surface area (Å²) in [4.78, 5) is 2.27. The molecule has 0 bridgehead atoms. The van der Waals surface area contributed by atoms with Crippen LogP contribution in [0.25, 0.3) is 0 Å². The van der Waals surface area contributed by atoms with Crippen molar-refractivity contribution in [2.24, 2.45) is 0 Å². The van der Waals surface area contributed by atoms with Crippen LogP contribution in [-0.4, -0.2) is 12.6 Å². The van der Waals surface area contributed by atoms with Gasteiger partial charge in [-0.25, -0.2) is 0 Å². The lowest BCUT2D eigenvalue weighted by Crippen LogP contribution is -2.32. The second-order valence-corrected chi connectivity index (χ2v) is 4.98. The Morgan fingerprint density at radius 3 is 2.62 bits per heavy atom. The lowest BCUT2D eigenvalue weighted by Gasteiger charge is -2.29. The van der Waals surface area contributed by atoms with Gasteiger partial charge in [0.15, 0.2) is 0 Å². The van der Waals surface area contributed by atoms with Crippen molar-refractivity contribution < 1.29 is 0 Å². The molecule has 2 nitrogen and oxygen atoms in total. The number of benzene rings is 1. The van der Waals surface area contributed by atoms with Crippen LogP contribution in [0.4, 0.5) is 5.69 Å². The molecule has 3 heteroatoms. The zero-order chi connectivity index (χ0) is 12.1. The molecular weight excluding hydrogens is 264 g/mol. The Hall–Kier alpha value is -1.01. The third-order valence-corrected chi connectivity index (χ3v) is 2.97. The first-order valence-electron chi connectivity index (χ1n) is 5.56. The largest absolute Gasteiger partial charge is 0.368 e. The lowest BCUT2D eigenvalue weighted by molar-refractivity contribution is 0.670. The first-order chi connectivity index (χ1) is 7.60. The zero-order valence-corrected chi connectivity index (χ0v) is 11.6. The number of rotatable bonds is 4. The van der Waals surface area contributed by atoms with Crippen molar-refractivity contribution in [2.75, 3.05) is 11.4 Å². The fourth-order valence-electron chi connectivity index (χ4n) is 1.73. The van der Waals surface area contributed by atoms with Crippen LogP contribution in [0.15, 0.2) is 22.7 Å². The fourth-order valence-corrected chi connectivity index (χ4v) is 2.08. The summed E-state index contributed by atoms with van der Waals surface area (Å²) in [6.45, 7) is 7.43. The molecule has 0 aliphatic heterocycles. The summed E-state index contributed by atoms with van der Waals surface area (Å²) < 4.78 is 1.02. The summed E-state index contributed by atoms with van der Waals surface area (Å²) in [6, 6.07) is 8.45. The molecule has 1 rings (SSSR count). The maximum Gasteiger partial charge on any atom is 0.101 e. The molecule has 0 aromatic heterocycles. The average molecular weight is 281 g/mol. The number of nitrogens with zero attached hydrogens (tertiary/aromatic N) is 2. The van der Waals surface area contributed by atoms with Gasteiger partial charge in [0.25, 0.3) is 0 Å². The SMILES string of the molecule is CCCN(c1cc(Br)ccc1C#N)C(C)C. The lowest BCUT2D eigenvalue weighted by atomic mass is 10.1. The van der Waals surface area contributed by atoms with Crippen molar-refractivity contribution in [1.82, 2.24) is 0 Å². The summed E-state index contributed by atoms with van der Waals surface area (Å²) in [7, 11) is 0. The predicted octanol–water partition coefficient (Wildman–Crippen LogP) is 3.95. The summed E-state index contributed by atoms with van der Waals surface area (Å²) in [5, 5.41) is 9.12. The van der Waals surface area contributed by atoms with Crippen molar-refractivity contribution in [1.29, 1.82) is 5.26 Å². The van der Waals surface area contributed by atoms with Crippen LogP contribution in [0.2, 0.25) is 0 Å². The first kappa shape index (κ1) is 13.1. The molecule has 1 aromatic carbocycles. The van der Waals surface area contributed by atoms with Gasteiger partial charge in [0, 0.05) is 17.1 Å². The third-order valence-electron chi connectivity index (χ3n) is 2.48. The Morgan fingerprint density at radius 1 is 1.44 bits per heavy atom. The molecular formula is C13H17BrN2. The number of anilines is 1. The van der Waals surface area contributed by atoms with E-state index < -0.39 is 0 Å². The van der Waals surface area contributed by atoms with Gasteiger partial charge in [0.2, 0.25) is 0 Å². The molecule has 0 aliphatic carbocycles. The van der Waals surface area contributed by atoms with Crippen LogP contribution in [0.1, 0.15) is 32.8 Å². The van der Waals surface area contributed by atoms with E-state index in [4.69, 9.17) is 5.26 Å². The molecule has 0 saturated carbocycles. The van der Waals surface area contributed by atoms with Crippen molar-refractivity contribution in [3.8, 4) is 6.07 Å². The molecule has 0 heterocycles. The summed E-state index contributed by atoms with van der Waals surface area (Å²) in [6.07, 6.45) is 1.08. The van der Waals surface area contributed by atoms with Gasteiger partial charge in [-0.3, -0.25) is 0 Å². The molecule has 0 atom stereocenters. The Morgan fingerprint density at radius 2 is 2.12 bits per heavy atom. The Bertz CT molecular complexity index is 393. The van der Waals surface area contributed by atoms with E-state index in [9.17, 15) is 0 Å². The minimum Gasteiger partial charge on any atom is -0.368 e. The standard InChI is InChI=1S/C13H17BrN2/c1-4-7-16(10(2)3)13-8-12(14)6-5-11(13)9-15/h5-6,8,10H,4,7H2,1-3H3. The van der Waals surface area contributed by atoms with E-state index in [1.807, 2.05) is 18.2 Å². The quantitative estimate of drug-likeness (QED) is 0.835. The second-order valence-electron chi connectivity index (χ2n) is 4.06. The van der Waals surface area contributed by atoms with Crippen LogP contribution < -0.4 is 4.90 Å². The maximum atomic E-state index is 9.12. The van der Waals surface area contributed by atoms with E-state index in [0.29, 0.717) is 6.04 Å². The Kier molecular flexibility index (Phi) is 4.82. The summed E-state index contributed by atoms with van der Waals surface area (Å²) in [5.41, 5.74) is 1.76. The van der Waals surface area contributed by atoms with Crippen molar-refractivity contribution >= 4 is 21.6 Å². The molecule has 0 N–H and O–H groups in total. The van der Waals surface area contributed by atoms with E-state index in [1.54, 1.807) is 0 Å². The van der Waals surface area contributed by atoms with Crippen molar-refractivity contribution in [3.63, 3.8) is 0 Å². The van der Waals surface area contributed by atoms with Gasteiger partial charge in [-0.2, -0.15) is 5.26 Å². The first-order valence-corrected chi connectivity index (χ1v) is 6.35. The molecule has 16 heavy (non-hydrogen) atoms. The van der Waals surface area contributed by atoms with Crippen LogP contribution in [-0.2, 0) is 0 Å². The van der Waals surface area contributed by atoms with Gasteiger partial charge in [0.05, 0.1) is 11.3 Å². The summed E-state index contributed by atoms with van der Waals surface area (Å²) >= 11 is 3.46. The molecule has 0 aliphatic rings. The van der Waals surface area contributed by atoms with E-state index in [2.05, 4.69) is 47.7 Å². The molecule has 0 radical (unpaired) electrons. The van der Waals surface area contributed by atoms with Crippen LogP contribution in [0.3, 0.4) is 0 Å². The van der Waals surface area contributed by atoms with Gasteiger partial charge < -0.3 is 4.90 Å². The molecule has 86 valence electrons. The monoisotopic (exact) mass is 280 g/mol. The minimum absolute atomic E-state index is 0.404. The minimum atomic E-state index is 0.404. The van der Waals surface area contributed by atoms with Crippen molar-refractivity contribution in [3.05, 3.63) is 28.2 Å². The highest BCUT2D eigenvalue weighted by molar-refractivity contribution is 9.10. The molecule has 0 saturated heterocycles. The van der Waals surface area contributed by atoms with Gasteiger partial charge >= 0.3 is 0 Å². The second kappa shape index (κ2) is 5.91. The molecule has 0 unspecified atom stereocenters. The van der Waals surface area contributed by atoms with E-state index in [-0.39, 0.29) is 0 Å². The van der Waals surface area contributed by atoms with Gasteiger partial charge in [-0.05, 0) is 38.5 Å². The molecule has 1 aromatic rings. The van der Waals surface area contributed by atoms with Gasteiger partial charge in [-0.1, -0.05) is 22.9 Å². The third kappa shape index (κ3) is 2.99. The maximum absolute atomic E-state index is 9.12. The smallest absolute Gasteiger partial charge is 0.101 e. The Labute approximate surface area is 106 Å². The van der Waals surface area contributed by atoms with E-state index in [0.717, 1.165) is 28.7 Å². The van der Waals surface area contributed by atoms with Crippen molar-refractivity contribution in [2.45, 2.75) is 33.2 Å². The van der Waals surface area contributed by atoms with E-state index >= 15 is 0 Å². The van der Waals surface area contributed by atoms with E-state index in [1.165, 1.54) is 0 Å². The number of halogens is 1. The molecule has 0 amide bonds. The molecule has 0 fully saturated rings. The predicted molar refractivity (Wildman–Crippen MR) is 71.6 cm³/mol. The number of nitriles is 1. The number of hydrogen-bond acceptors (Lipinski definition) is 2. The fraction of sp³-hybridized carbons (Fsp3) is 0.462. The summed E-state index contributed by atoms with van der Waals surface area (Å²) in [5.74, 6) is 0. The number of hydrogen-bond donors (Lipinski definition) is 0.